The first-order valence-electron chi connectivity index (χ1n) is 7.42. The second-order valence-corrected chi connectivity index (χ2v) is 6.52. The van der Waals surface area contributed by atoms with E-state index in [1.54, 1.807) is 11.3 Å². The Labute approximate surface area is 149 Å². The van der Waals surface area contributed by atoms with E-state index < -0.39 is 0 Å². The van der Waals surface area contributed by atoms with Crippen molar-refractivity contribution >= 4 is 41.3 Å². The lowest BCUT2D eigenvalue weighted by Gasteiger charge is -2.24. The lowest BCUT2D eigenvalue weighted by molar-refractivity contribution is 0.307. The lowest BCUT2D eigenvalue weighted by Crippen LogP contribution is -2.41. The molecule has 1 saturated carbocycles. The molecule has 2 rings (SSSR count). The minimum Gasteiger partial charge on any atom is -0.370 e. The minimum absolute atomic E-state index is 0. The maximum Gasteiger partial charge on any atom is 0.188 e. The van der Waals surface area contributed by atoms with Gasteiger partial charge in [-0.25, -0.2) is 0 Å². The monoisotopic (exact) mass is 422 g/mol. The summed E-state index contributed by atoms with van der Waals surface area (Å²) in [6.07, 6.45) is 6.41. The van der Waals surface area contributed by atoms with Crippen LogP contribution in [0.15, 0.2) is 21.8 Å². The van der Waals surface area contributed by atoms with Gasteiger partial charge < -0.3 is 16.0 Å². The summed E-state index contributed by atoms with van der Waals surface area (Å²) in [7, 11) is 4.17. The summed E-state index contributed by atoms with van der Waals surface area (Å²) < 4.78 is 0. The summed E-state index contributed by atoms with van der Waals surface area (Å²) in [4.78, 5) is 6.74. The van der Waals surface area contributed by atoms with Crippen LogP contribution in [0.4, 0.5) is 0 Å². The summed E-state index contributed by atoms with van der Waals surface area (Å²) in [5.74, 6) is 0.596. The van der Waals surface area contributed by atoms with Crippen molar-refractivity contribution in [1.82, 2.24) is 10.2 Å². The molecule has 1 aliphatic carbocycles. The van der Waals surface area contributed by atoms with Gasteiger partial charge in [-0.15, -0.1) is 24.0 Å². The molecule has 1 aliphatic rings. The fraction of sp³-hybridized carbons (Fsp3) is 0.667. The molecule has 0 saturated heterocycles. The Hall–Kier alpha value is -0.340. The smallest absolute Gasteiger partial charge is 0.188 e. The van der Waals surface area contributed by atoms with Crippen molar-refractivity contribution in [3.05, 3.63) is 22.4 Å². The van der Waals surface area contributed by atoms with Crippen LogP contribution in [0.3, 0.4) is 0 Å². The van der Waals surface area contributed by atoms with Crippen molar-refractivity contribution in [1.29, 1.82) is 0 Å². The number of hydrogen-bond acceptors (Lipinski definition) is 3. The Balaban J connectivity index is 0.00000220. The van der Waals surface area contributed by atoms with Crippen LogP contribution in [-0.4, -0.2) is 37.5 Å². The second kappa shape index (κ2) is 9.63. The number of halogens is 1. The third kappa shape index (κ3) is 6.12. The molecular formula is C15H27IN4S. The highest BCUT2D eigenvalue weighted by molar-refractivity contribution is 14.0. The van der Waals surface area contributed by atoms with Gasteiger partial charge in [0.05, 0.1) is 12.6 Å². The average molecular weight is 422 g/mol. The SMILES string of the molecule is CN(C)C(CN=C(N)NC1CCCCC1)c1ccsc1.I. The maximum absolute atomic E-state index is 6.03. The van der Waals surface area contributed by atoms with E-state index in [9.17, 15) is 0 Å². The van der Waals surface area contributed by atoms with Gasteiger partial charge in [-0.2, -0.15) is 11.3 Å². The number of nitrogens with one attached hydrogen (secondary N) is 1. The summed E-state index contributed by atoms with van der Waals surface area (Å²) in [5.41, 5.74) is 7.34. The molecule has 1 unspecified atom stereocenters. The van der Waals surface area contributed by atoms with Gasteiger partial charge in [0, 0.05) is 6.04 Å². The quantitative estimate of drug-likeness (QED) is 0.435. The Bertz CT molecular complexity index is 413. The van der Waals surface area contributed by atoms with Crippen molar-refractivity contribution in [2.45, 2.75) is 44.2 Å². The highest BCUT2D eigenvalue weighted by Gasteiger charge is 2.16. The molecule has 0 amide bonds. The fourth-order valence-electron chi connectivity index (χ4n) is 2.72. The molecule has 1 atom stereocenters. The van der Waals surface area contributed by atoms with Gasteiger partial charge in [-0.3, -0.25) is 4.99 Å². The van der Waals surface area contributed by atoms with E-state index in [1.807, 2.05) is 0 Å². The topological polar surface area (TPSA) is 53.6 Å². The molecule has 4 nitrogen and oxygen atoms in total. The zero-order valence-corrected chi connectivity index (χ0v) is 16.1. The van der Waals surface area contributed by atoms with E-state index in [2.05, 4.69) is 46.1 Å². The van der Waals surface area contributed by atoms with Crippen molar-refractivity contribution in [3.8, 4) is 0 Å². The van der Waals surface area contributed by atoms with Gasteiger partial charge in [-0.05, 0) is 49.3 Å². The molecule has 120 valence electrons. The summed E-state index contributed by atoms with van der Waals surface area (Å²) in [6, 6.07) is 2.98. The zero-order chi connectivity index (χ0) is 14.4. The number of likely N-dealkylation sites (N-methyl/N-ethyl adjacent to an activating group) is 1. The largest absolute Gasteiger partial charge is 0.370 e. The first-order chi connectivity index (χ1) is 9.66. The summed E-state index contributed by atoms with van der Waals surface area (Å²) in [5, 5.41) is 7.67. The molecule has 1 heterocycles. The first-order valence-corrected chi connectivity index (χ1v) is 8.36. The molecule has 1 aromatic heterocycles. The van der Waals surface area contributed by atoms with E-state index in [4.69, 9.17) is 5.73 Å². The van der Waals surface area contributed by atoms with Crippen LogP contribution >= 0.6 is 35.3 Å². The highest BCUT2D eigenvalue weighted by Crippen LogP contribution is 2.21. The van der Waals surface area contributed by atoms with Crippen LogP contribution in [0.2, 0.25) is 0 Å². The van der Waals surface area contributed by atoms with Crippen LogP contribution in [0.5, 0.6) is 0 Å². The van der Waals surface area contributed by atoms with Gasteiger partial charge in [-0.1, -0.05) is 19.3 Å². The number of aliphatic imine (C=N–C) groups is 1. The summed E-state index contributed by atoms with van der Waals surface area (Å²) >= 11 is 1.73. The molecule has 0 aromatic carbocycles. The zero-order valence-electron chi connectivity index (χ0n) is 12.9. The number of nitrogens with zero attached hydrogens (tertiary/aromatic N) is 2. The third-order valence-electron chi connectivity index (χ3n) is 3.94. The number of guanidine groups is 1. The van der Waals surface area contributed by atoms with Gasteiger partial charge >= 0.3 is 0 Å². The average Bonchev–Trinajstić information content (AvgIpc) is 2.93. The Morgan fingerprint density at radius 1 is 1.43 bits per heavy atom. The van der Waals surface area contributed by atoms with Gasteiger partial charge in [0.1, 0.15) is 0 Å². The fourth-order valence-corrected chi connectivity index (χ4v) is 3.43. The highest BCUT2D eigenvalue weighted by atomic mass is 127. The van der Waals surface area contributed by atoms with Crippen molar-refractivity contribution in [2.75, 3.05) is 20.6 Å². The van der Waals surface area contributed by atoms with Crippen LogP contribution in [0.25, 0.3) is 0 Å². The predicted molar refractivity (Wildman–Crippen MR) is 103 cm³/mol. The molecular weight excluding hydrogens is 395 g/mol. The molecule has 3 N–H and O–H groups in total. The second-order valence-electron chi connectivity index (χ2n) is 5.74. The molecule has 0 aliphatic heterocycles. The first kappa shape index (κ1) is 18.7. The van der Waals surface area contributed by atoms with E-state index in [0.717, 1.165) is 0 Å². The van der Waals surface area contributed by atoms with Crippen LogP contribution in [-0.2, 0) is 0 Å². The van der Waals surface area contributed by atoms with E-state index in [0.29, 0.717) is 24.6 Å². The van der Waals surface area contributed by atoms with Crippen LogP contribution in [0, 0.1) is 0 Å². The normalized spacial score (nSPS) is 18.3. The number of hydrogen-bond donors (Lipinski definition) is 2. The van der Waals surface area contributed by atoms with E-state index in [1.165, 1.54) is 37.7 Å². The third-order valence-corrected chi connectivity index (χ3v) is 4.64. The van der Waals surface area contributed by atoms with Crippen LogP contribution < -0.4 is 11.1 Å². The number of thiophene rings is 1. The van der Waals surface area contributed by atoms with E-state index >= 15 is 0 Å². The van der Waals surface area contributed by atoms with Crippen molar-refractivity contribution in [2.24, 2.45) is 10.7 Å². The molecule has 0 spiro atoms. The predicted octanol–water partition coefficient (Wildman–Crippen LogP) is 3.21. The standard InChI is InChI=1S/C15H26N4S.HI/c1-19(2)14(12-8-9-20-11-12)10-17-15(16)18-13-6-4-3-5-7-13;/h8-9,11,13-14H,3-7,10H2,1-2H3,(H3,16,17,18);1H. The minimum atomic E-state index is 0. The van der Waals surface area contributed by atoms with Gasteiger partial charge in [0.25, 0.3) is 0 Å². The molecule has 21 heavy (non-hydrogen) atoms. The lowest BCUT2D eigenvalue weighted by atomic mass is 9.96. The molecule has 0 radical (unpaired) electrons. The Morgan fingerprint density at radius 2 is 2.14 bits per heavy atom. The van der Waals surface area contributed by atoms with Crippen LogP contribution in [0.1, 0.15) is 43.7 Å². The molecule has 0 bridgehead atoms. The molecule has 6 heteroatoms. The Morgan fingerprint density at radius 3 is 2.71 bits per heavy atom. The number of nitrogens with two attached hydrogens (primary N) is 1. The van der Waals surface area contributed by atoms with Crippen molar-refractivity contribution < 1.29 is 0 Å². The summed E-state index contributed by atoms with van der Waals surface area (Å²) in [6.45, 7) is 0.704. The molecule has 1 aromatic rings. The van der Waals surface area contributed by atoms with Crippen molar-refractivity contribution in [3.63, 3.8) is 0 Å². The Kier molecular flexibility index (Phi) is 8.58. The van der Waals surface area contributed by atoms with Gasteiger partial charge in [0.15, 0.2) is 5.96 Å². The number of rotatable bonds is 5. The maximum atomic E-state index is 6.03. The van der Waals surface area contributed by atoms with Gasteiger partial charge in [0.2, 0.25) is 0 Å². The van der Waals surface area contributed by atoms with E-state index in [-0.39, 0.29) is 24.0 Å². The molecule has 1 fully saturated rings.